The van der Waals surface area contributed by atoms with E-state index in [9.17, 15) is 13.2 Å². The molecule has 1 atom stereocenters. The van der Waals surface area contributed by atoms with E-state index in [0.29, 0.717) is 5.65 Å². The van der Waals surface area contributed by atoms with Crippen LogP contribution in [0.5, 0.6) is 0 Å². The summed E-state index contributed by atoms with van der Waals surface area (Å²) in [6, 6.07) is 3.96. The molecule has 2 aromatic heterocycles. The molecular weight excluding hydrogens is 318 g/mol. The van der Waals surface area contributed by atoms with Gasteiger partial charge >= 0.3 is 5.97 Å². The van der Waals surface area contributed by atoms with Crippen LogP contribution in [0.1, 0.15) is 13.8 Å². The van der Waals surface area contributed by atoms with E-state index < -0.39 is 22.0 Å². The van der Waals surface area contributed by atoms with Crippen LogP contribution in [0.2, 0.25) is 5.15 Å². The minimum absolute atomic E-state index is 0.162. The molecule has 0 fully saturated rings. The lowest BCUT2D eigenvalue weighted by atomic mass is 10.4. The summed E-state index contributed by atoms with van der Waals surface area (Å²) < 4.78 is 33.1. The smallest absolute Gasteiger partial charge is 0.323 e. The summed E-state index contributed by atoms with van der Waals surface area (Å²) >= 11 is 5.91. The minimum atomic E-state index is -4.02. The number of halogens is 1. The van der Waals surface area contributed by atoms with Crippen molar-refractivity contribution in [3.8, 4) is 0 Å². The number of hydrogen-bond donors (Lipinski definition) is 1. The molecule has 0 aliphatic rings. The van der Waals surface area contributed by atoms with Crippen LogP contribution in [0, 0.1) is 0 Å². The molecular formula is C12H14ClN3O4S. The van der Waals surface area contributed by atoms with E-state index in [1.165, 1.54) is 17.5 Å². The van der Waals surface area contributed by atoms with E-state index in [4.69, 9.17) is 16.3 Å². The summed E-state index contributed by atoms with van der Waals surface area (Å²) in [5, 5.41) is -0.374. The number of pyridine rings is 1. The number of ether oxygens (including phenoxy) is 1. The molecule has 2 heterocycles. The van der Waals surface area contributed by atoms with Crippen molar-refractivity contribution in [3.63, 3.8) is 0 Å². The maximum Gasteiger partial charge on any atom is 0.323 e. The van der Waals surface area contributed by atoms with Crippen molar-refractivity contribution in [3.05, 3.63) is 29.5 Å². The summed E-state index contributed by atoms with van der Waals surface area (Å²) in [5.74, 6) is -0.661. The summed E-state index contributed by atoms with van der Waals surface area (Å²) in [5.41, 5.74) is 0.395. The molecule has 0 amide bonds. The number of hydrogen-bond acceptors (Lipinski definition) is 5. The van der Waals surface area contributed by atoms with Gasteiger partial charge in [0.15, 0.2) is 10.2 Å². The molecule has 9 heteroatoms. The standard InChI is InChI=1S/C12H14ClN3O4S/c1-3-20-12(17)8(2)15-21(18,19)11-10(13)14-9-6-4-5-7-16(9)11/h4-8,15H,3H2,1-2H3. The fraction of sp³-hybridized carbons (Fsp3) is 0.333. The Labute approximate surface area is 126 Å². The maximum absolute atomic E-state index is 12.4. The second-order valence-corrected chi connectivity index (χ2v) is 6.22. The molecule has 7 nitrogen and oxygen atoms in total. The number of aromatic nitrogens is 2. The third kappa shape index (κ3) is 3.17. The van der Waals surface area contributed by atoms with Gasteiger partial charge in [-0.05, 0) is 26.0 Å². The largest absolute Gasteiger partial charge is 0.465 e. The number of nitrogens with zero attached hydrogens (tertiary/aromatic N) is 2. The topological polar surface area (TPSA) is 89.8 Å². The molecule has 0 saturated heterocycles. The number of carbonyl (C=O) groups is 1. The second-order valence-electron chi connectivity index (χ2n) is 4.23. The van der Waals surface area contributed by atoms with Gasteiger partial charge in [0.1, 0.15) is 11.7 Å². The summed E-state index contributed by atoms with van der Waals surface area (Å²) in [7, 11) is -4.02. The van der Waals surface area contributed by atoms with E-state index in [2.05, 4.69) is 9.71 Å². The van der Waals surface area contributed by atoms with Gasteiger partial charge in [0.05, 0.1) is 6.61 Å². The summed E-state index contributed by atoms with van der Waals surface area (Å²) in [6.45, 7) is 3.20. The molecule has 2 rings (SSSR count). The Morgan fingerprint density at radius 3 is 2.90 bits per heavy atom. The molecule has 0 aliphatic carbocycles. The molecule has 2 aromatic rings. The quantitative estimate of drug-likeness (QED) is 0.832. The number of rotatable bonds is 5. The first-order valence-corrected chi connectivity index (χ1v) is 8.04. The van der Waals surface area contributed by atoms with Crippen LogP contribution in [-0.4, -0.2) is 36.4 Å². The van der Waals surface area contributed by atoms with E-state index in [1.54, 1.807) is 25.1 Å². The Balaban J connectivity index is 2.38. The van der Waals surface area contributed by atoms with Crippen LogP contribution in [0.4, 0.5) is 0 Å². The monoisotopic (exact) mass is 331 g/mol. The molecule has 0 aliphatic heterocycles. The first-order chi connectivity index (χ1) is 9.86. The molecule has 1 unspecified atom stereocenters. The highest BCUT2D eigenvalue weighted by molar-refractivity contribution is 7.89. The third-order valence-electron chi connectivity index (χ3n) is 2.67. The van der Waals surface area contributed by atoms with Gasteiger partial charge in [-0.1, -0.05) is 17.7 Å². The van der Waals surface area contributed by atoms with Crippen LogP contribution in [0.3, 0.4) is 0 Å². The number of fused-ring (bicyclic) bond motifs is 1. The van der Waals surface area contributed by atoms with Crippen LogP contribution in [0.15, 0.2) is 29.4 Å². The minimum Gasteiger partial charge on any atom is -0.465 e. The van der Waals surface area contributed by atoms with Crippen molar-refractivity contribution >= 4 is 33.2 Å². The molecule has 0 saturated carbocycles. The van der Waals surface area contributed by atoms with Gasteiger partial charge in [-0.2, -0.15) is 4.72 Å². The first kappa shape index (κ1) is 15.7. The van der Waals surface area contributed by atoms with Crippen LogP contribution >= 0.6 is 11.6 Å². The predicted octanol–water partition coefficient (Wildman–Crippen LogP) is 1.22. The van der Waals surface area contributed by atoms with Crippen LogP contribution < -0.4 is 4.72 Å². The SMILES string of the molecule is CCOC(=O)C(C)NS(=O)(=O)c1c(Cl)nc2ccccn12. The van der Waals surface area contributed by atoms with Gasteiger partial charge in [-0.3, -0.25) is 9.20 Å². The van der Waals surface area contributed by atoms with E-state index in [-0.39, 0.29) is 16.8 Å². The number of sulfonamides is 1. The zero-order valence-electron chi connectivity index (χ0n) is 11.4. The van der Waals surface area contributed by atoms with Gasteiger partial charge < -0.3 is 4.74 Å². The molecule has 21 heavy (non-hydrogen) atoms. The average Bonchev–Trinajstić information content (AvgIpc) is 2.74. The fourth-order valence-corrected chi connectivity index (χ4v) is 3.63. The number of nitrogens with one attached hydrogen (secondary N) is 1. The molecule has 0 bridgehead atoms. The Morgan fingerprint density at radius 2 is 2.24 bits per heavy atom. The lowest BCUT2D eigenvalue weighted by Gasteiger charge is -2.12. The highest BCUT2D eigenvalue weighted by Gasteiger charge is 2.28. The van der Waals surface area contributed by atoms with Gasteiger partial charge in [0, 0.05) is 6.20 Å². The second kappa shape index (κ2) is 6.00. The highest BCUT2D eigenvalue weighted by atomic mass is 35.5. The van der Waals surface area contributed by atoms with Crippen molar-refractivity contribution < 1.29 is 17.9 Å². The van der Waals surface area contributed by atoms with Crippen molar-refractivity contribution in [1.82, 2.24) is 14.1 Å². The Morgan fingerprint density at radius 1 is 1.52 bits per heavy atom. The van der Waals surface area contributed by atoms with E-state index >= 15 is 0 Å². The van der Waals surface area contributed by atoms with Crippen LogP contribution in [0.25, 0.3) is 5.65 Å². The lowest BCUT2D eigenvalue weighted by molar-refractivity contribution is -0.144. The Hall–Kier alpha value is -1.64. The number of esters is 1. The van der Waals surface area contributed by atoms with Gasteiger partial charge in [-0.25, -0.2) is 13.4 Å². The summed E-state index contributed by atoms with van der Waals surface area (Å²) in [6.07, 6.45) is 1.53. The van der Waals surface area contributed by atoms with Crippen molar-refractivity contribution in [2.45, 2.75) is 24.9 Å². The Bertz CT molecular complexity index is 772. The third-order valence-corrected chi connectivity index (χ3v) is 4.61. The van der Waals surface area contributed by atoms with Gasteiger partial charge in [-0.15, -0.1) is 0 Å². The highest BCUT2D eigenvalue weighted by Crippen LogP contribution is 2.22. The molecule has 1 N–H and O–H groups in total. The zero-order chi connectivity index (χ0) is 15.6. The van der Waals surface area contributed by atoms with Gasteiger partial charge in [0.2, 0.25) is 0 Å². The summed E-state index contributed by atoms with van der Waals surface area (Å²) in [4.78, 5) is 15.5. The number of carbonyl (C=O) groups excluding carboxylic acids is 1. The molecule has 114 valence electrons. The molecule has 0 spiro atoms. The van der Waals surface area contributed by atoms with Crippen molar-refractivity contribution in [1.29, 1.82) is 0 Å². The molecule has 0 radical (unpaired) electrons. The lowest BCUT2D eigenvalue weighted by Crippen LogP contribution is -2.40. The number of imidazole rings is 1. The maximum atomic E-state index is 12.4. The van der Waals surface area contributed by atoms with Crippen LogP contribution in [-0.2, 0) is 19.6 Å². The average molecular weight is 332 g/mol. The van der Waals surface area contributed by atoms with Crippen molar-refractivity contribution in [2.24, 2.45) is 0 Å². The first-order valence-electron chi connectivity index (χ1n) is 6.18. The predicted molar refractivity (Wildman–Crippen MR) is 76.6 cm³/mol. The van der Waals surface area contributed by atoms with E-state index in [0.717, 1.165) is 0 Å². The molecule has 0 aromatic carbocycles. The normalized spacial score (nSPS) is 13.3. The van der Waals surface area contributed by atoms with Crippen molar-refractivity contribution in [2.75, 3.05) is 6.61 Å². The Kier molecular flexibility index (Phi) is 4.50. The van der Waals surface area contributed by atoms with Gasteiger partial charge in [0.25, 0.3) is 10.0 Å². The fourth-order valence-electron chi connectivity index (χ4n) is 1.79. The zero-order valence-corrected chi connectivity index (χ0v) is 13.0. The van der Waals surface area contributed by atoms with E-state index in [1.807, 2.05) is 0 Å².